The van der Waals surface area contributed by atoms with Gasteiger partial charge < -0.3 is 14.7 Å². The summed E-state index contributed by atoms with van der Waals surface area (Å²) in [6.45, 7) is 8.74. The van der Waals surface area contributed by atoms with Crippen LogP contribution in [0.15, 0.2) is 48.5 Å². The van der Waals surface area contributed by atoms with Gasteiger partial charge in [0.1, 0.15) is 5.01 Å². The predicted octanol–water partition coefficient (Wildman–Crippen LogP) is 2.53. The number of hydrogen-bond acceptors (Lipinski definition) is 4. The van der Waals surface area contributed by atoms with Crippen LogP contribution in [0.2, 0.25) is 0 Å². The van der Waals surface area contributed by atoms with E-state index in [2.05, 4.69) is 49.1 Å². The van der Waals surface area contributed by atoms with Gasteiger partial charge in [0.15, 0.2) is 6.54 Å². The summed E-state index contributed by atoms with van der Waals surface area (Å²) in [6, 6.07) is 16.7. The Bertz CT molecular complexity index is 960. The van der Waals surface area contributed by atoms with Crippen molar-refractivity contribution in [1.82, 2.24) is 9.88 Å². The summed E-state index contributed by atoms with van der Waals surface area (Å²) in [7, 11) is 1.90. The van der Waals surface area contributed by atoms with Gasteiger partial charge in [0, 0.05) is 12.7 Å². The minimum atomic E-state index is -0.00689. The number of amides is 1. The number of anilines is 1. The Labute approximate surface area is 176 Å². The number of quaternary nitrogens is 1. The van der Waals surface area contributed by atoms with Gasteiger partial charge in [-0.3, -0.25) is 4.79 Å². The molecule has 29 heavy (non-hydrogen) atoms. The normalized spacial score (nSPS) is 16.2. The molecule has 1 aromatic heterocycles. The summed E-state index contributed by atoms with van der Waals surface area (Å²) in [5.74, 6) is 0.191. The summed E-state index contributed by atoms with van der Waals surface area (Å²) in [4.78, 5) is 23.3. The third-order valence-corrected chi connectivity index (χ3v) is 7.18. The molecule has 5 nitrogen and oxygen atoms in total. The second-order valence-electron chi connectivity index (χ2n) is 7.90. The van der Waals surface area contributed by atoms with Crippen molar-refractivity contribution >= 4 is 33.1 Å². The molecule has 1 aliphatic heterocycles. The lowest BCUT2D eigenvalue weighted by molar-refractivity contribution is -0.892. The summed E-state index contributed by atoms with van der Waals surface area (Å²) in [6.07, 6.45) is 0. The Morgan fingerprint density at radius 3 is 2.59 bits per heavy atom. The second kappa shape index (κ2) is 8.51. The number of piperazine rings is 1. The van der Waals surface area contributed by atoms with Gasteiger partial charge in [-0.1, -0.05) is 30.3 Å². The average Bonchev–Trinajstić information content (AvgIpc) is 3.18. The molecule has 2 aromatic carbocycles. The molecule has 1 N–H and O–H groups in total. The Kier molecular flexibility index (Phi) is 5.83. The fourth-order valence-electron chi connectivity index (χ4n) is 3.95. The topological polar surface area (TPSA) is 40.9 Å². The van der Waals surface area contributed by atoms with Crippen LogP contribution in [0.1, 0.15) is 23.5 Å². The van der Waals surface area contributed by atoms with Crippen molar-refractivity contribution in [2.45, 2.75) is 19.9 Å². The number of fused-ring (bicyclic) bond motifs is 1. The quantitative estimate of drug-likeness (QED) is 0.704. The average molecular weight is 410 g/mol. The molecule has 0 aliphatic carbocycles. The van der Waals surface area contributed by atoms with Crippen molar-refractivity contribution < 1.29 is 9.69 Å². The van der Waals surface area contributed by atoms with Gasteiger partial charge in [-0.15, -0.1) is 11.3 Å². The van der Waals surface area contributed by atoms with Crippen molar-refractivity contribution in [2.24, 2.45) is 0 Å². The molecular weight excluding hydrogens is 380 g/mol. The molecule has 1 aliphatic rings. The van der Waals surface area contributed by atoms with Crippen LogP contribution in [0.25, 0.3) is 10.2 Å². The number of hydrogen-bond donors (Lipinski definition) is 1. The number of rotatable bonds is 5. The zero-order valence-corrected chi connectivity index (χ0v) is 18.2. The first-order valence-corrected chi connectivity index (χ1v) is 11.1. The lowest BCUT2D eigenvalue weighted by Gasteiger charge is -2.35. The molecule has 0 saturated carbocycles. The van der Waals surface area contributed by atoms with Crippen molar-refractivity contribution in [1.29, 1.82) is 0 Å². The third-order valence-electron chi connectivity index (χ3n) is 5.97. The zero-order valence-electron chi connectivity index (χ0n) is 17.4. The molecule has 6 heteroatoms. The van der Waals surface area contributed by atoms with Gasteiger partial charge in [-0.05, 0) is 37.6 Å². The highest BCUT2D eigenvalue weighted by Crippen LogP contribution is 2.28. The maximum absolute atomic E-state index is 12.9. The molecule has 4 rings (SSSR count). The van der Waals surface area contributed by atoms with Crippen LogP contribution < -0.4 is 9.80 Å². The summed E-state index contributed by atoms with van der Waals surface area (Å²) in [5, 5.41) is 1.00. The molecule has 0 radical (unpaired) electrons. The molecule has 1 fully saturated rings. The highest BCUT2D eigenvalue weighted by Gasteiger charge is 2.27. The molecule has 2 heterocycles. The first-order chi connectivity index (χ1) is 14.0. The Morgan fingerprint density at radius 1 is 1.17 bits per heavy atom. The Hall–Kier alpha value is -2.44. The molecule has 0 spiro atoms. The summed E-state index contributed by atoms with van der Waals surface area (Å²) >= 11 is 1.68. The zero-order chi connectivity index (χ0) is 20.4. The summed E-state index contributed by atoms with van der Waals surface area (Å²) in [5.41, 5.74) is 3.65. The smallest absolute Gasteiger partial charge is 0.278 e. The van der Waals surface area contributed by atoms with Gasteiger partial charge >= 0.3 is 0 Å². The van der Waals surface area contributed by atoms with E-state index < -0.39 is 0 Å². The molecule has 1 saturated heterocycles. The van der Waals surface area contributed by atoms with E-state index in [4.69, 9.17) is 4.98 Å². The number of carbonyl (C=O) groups is 1. The predicted molar refractivity (Wildman–Crippen MR) is 120 cm³/mol. The van der Waals surface area contributed by atoms with Crippen molar-refractivity contribution in [2.75, 3.05) is 44.7 Å². The van der Waals surface area contributed by atoms with E-state index in [1.165, 1.54) is 20.9 Å². The van der Waals surface area contributed by atoms with E-state index in [1.807, 2.05) is 30.1 Å². The summed E-state index contributed by atoms with van der Waals surface area (Å²) < 4.78 is 1.17. The minimum Gasteiger partial charge on any atom is -0.360 e. The Balaban J connectivity index is 1.34. The number of likely N-dealkylation sites (N-methyl/N-ethyl adjacent to an activating group) is 1. The maximum atomic E-state index is 12.9. The minimum absolute atomic E-state index is 0.00689. The first kappa shape index (κ1) is 19.9. The number of nitrogens with zero attached hydrogens (tertiary/aromatic N) is 3. The van der Waals surface area contributed by atoms with Gasteiger partial charge in [0.2, 0.25) is 0 Å². The van der Waals surface area contributed by atoms with E-state index in [0.29, 0.717) is 6.54 Å². The van der Waals surface area contributed by atoms with Crippen LogP contribution in [0.3, 0.4) is 0 Å². The number of nitrogens with one attached hydrogen (secondary N) is 1. The molecule has 3 aromatic rings. The van der Waals surface area contributed by atoms with E-state index in [0.717, 1.165) is 36.7 Å². The van der Waals surface area contributed by atoms with Gasteiger partial charge in [-0.25, -0.2) is 4.98 Å². The number of benzene rings is 2. The molecule has 0 bridgehead atoms. The molecule has 0 unspecified atom stereocenters. The standard InChI is InChI=1S/C23H28N4OS/c1-17-8-4-6-10-20(17)27-14-12-26(13-15-27)16-22(28)25(3)18(2)23-24-19-9-5-7-11-21(19)29-23/h4-11,18H,12-16H2,1-3H3/p+1/t18-/m1/s1. The highest BCUT2D eigenvalue weighted by molar-refractivity contribution is 7.18. The van der Waals surface area contributed by atoms with Crippen LogP contribution in [0, 0.1) is 6.92 Å². The van der Waals surface area contributed by atoms with Crippen molar-refractivity contribution in [3.05, 3.63) is 59.1 Å². The van der Waals surface area contributed by atoms with Crippen molar-refractivity contribution in [3.63, 3.8) is 0 Å². The maximum Gasteiger partial charge on any atom is 0.278 e. The fourth-order valence-corrected chi connectivity index (χ4v) is 5.01. The first-order valence-electron chi connectivity index (χ1n) is 10.3. The van der Waals surface area contributed by atoms with E-state index in [-0.39, 0.29) is 11.9 Å². The van der Waals surface area contributed by atoms with Crippen LogP contribution in [-0.4, -0.2) is 55.6 Å². The van der Waals surface area contributed by atoms with Crippen LogP contribution in [0.4, 0.5) is 5.69 Å². The third kappa shape index (κ3) is 4.28. The molecule has 1 atom stereocenters. The SMILES string of the molecule is Cc1ccccc1N1CC[NH+](CC(=O)N(C)[C@H](C)c2nc3ccccc3s2)CC1. The lowest BCUT2D eigenvalue weighted by atomic mass is 10.1. The number of carbonyl (C=O) groups excluding carboxylic acids is 1. The largest absolute Gasteiger partial charge is 0.360 e. The van der Waals surface area contributed by atoms with E-state index in [1.54, 1.807) is 11.3 Å². The number of thiazole rings is 1. The number of para-hydroxylation sites is 2. The van der Waals surface area contributed by atoms with Gasteiger partial charge in [0.25, 0.3) is 5.91 Å². The molecule has 1 amide bonds. The van der Waals surface area contributed by atoms with E-state index >= 15 is 0 Å². The Morgan fingerprint density at radius 2 is 1.86 bits per heavy atom. The van der Waals surface area contributed by atoms with Crippen LogP contribution in [0.5, 0.6) is 0 Å². The van der Waals surface area contributed by atoms with E-state index in [9.17, 15) is 4.79 Å². The van der Waals surface area contributed by atoms with Crippen LogP contribution in [-0.2, 0) is 4.79 Å². The highest BCUT2D eigenvalue weighted by atomic mass is 32.1. The molecular formula is C23H29N4OS+. The van der Waals surface area contributed by atoms with Gasteiger partial charge in [-0.2, -0.15) is 0 Å². The fraction of sp³-hybridized carbons (Fsp3) is 0.391. The number of aromatic nitrogens is 1. The van der Waals surface area contributed by atoms with Crippen molar-refractivity contribution in [3.8, 4) is 0 Å². The number of aryl methyl sites for hydroxylation is 1. The molecule has 152 valence electrons. The van der Waals surface area contributed by atoms with Gasteiger partial charge in [0.05, 0.1) is 42.4 Å². The second-order valence-corrected chi connectivity index (χ2v) is 8.96. The van der Waals surface area contributed by atoms with Crippen LogP contribution >= 0.6 is 11.3 Å². The lowest BCUT2D eigenvalue weighted by Crippen LogP contribution is -3.15. The monoisotopic (exact) mass is 409 g/mol.